The summed E-state index contributed by atoms with van der Waals surface area (Å²) in [6.45, 7) is 4.15. The molecule has 2 aromatic carbocycles. The van der Waals surface area contributed by atoms with E-state index in [1.54, 1.807) is 0 Å². The summed E-state index contributed by atoms with van der Waals surface area (Å²) in [6, 6.07) is 18.2. The summed E-state index contributed by atoms with van der Waals surface area (Å²) in [6.07, 6.45) is 1.90. The molecule has 0 aliphatic carbocycles. The van der Waals surface area contributed by atoms with Gasteiger partial charge in [0.2, 0.25) is 0 Å². The molecule has 1 aliphatic heterocycles. The van der Waals surface area contributed by atoms with E-state index in [1.165, 1.54) is 35.7 Å². The molecule has 2 amide bonds. The largest absolute Gasteiger partial charge is 0.338 e. The summed E-state index contributed by atoms with van der Waals surface area (Å²) in [4.78, 5) is 14.5. The lowest BCUT2D eigenvalue weighted by Gasteiger charge is -2.26. The number of hydrogen-bond donors (Lipinski definition) is 2. The Morgan fingerprint density at radius 1 is 0.923 bits per heavy atom. The van der Waals surface area contributed by atoms with Crippen molar-refractivity contribution < 1.29 is 4.79 Å². The Morgan fingerprint density at radius 2 is 1.62 bits per heavy atom. The topological polar surface area (TPSA) is 44.4 Å². The molecular weight excluding hydrogens is 342 g/mol. The summed E-state index contributed by atoms with van der Waals surface area (Å²) in [7, 11) is 0. The number of anilines is 1. The summed E-state index contributed by atoms with van der Waals surface area (Å²) < 4.78 is 0. The van der Waals surface area contributed by atoms with E-state index >= 15 is 0 Å². The van der Waals surface area contributed by atoms with Crippen molar-refractivity contribution >= 4 is 23.5 Å². The van der Waals surface area contributed by atoms with Gasteiger partial charge in [0, 0.05) is 43.4 Å². The number of amides is 2. The van der Waals surface area contributed by atoms with Crippen LogP contribution in [-0.2, 0) is 12.8 Å². The number of thioether (sulfide) groups is 1. The maximum Gasteiger partial charge on any atom is 0.319 e. The van der Waals surface area contributed by atoms with Gasteiger partial charge in [-0.1, -0.05) is 42.5 Å². The maximum absolute atomic E-state index is 12.0. The average Bonchev–Trinajstić information content (AvgIpc) is 2.69. The lowest BCUT2D eigenvalue weighted by atomic mass is 10.1. The number of nitrogens with zero attached hydrogens (tertiary/aromatic N) is 1. The first kappa shape index (κ1) is 18.8. The molecule has 2 N–H and O–H groups in total. The molecule has 0 radical (unpaired) electrons. The fraction of sp³-hybridized carbons (Fsp3) is 0.381. The molecule has 26 heavy (non-hydrogen) atoms. The van der Waals surface area contributed by atoms with E-state index in [1.807, 2.05) is 42.1 Å². The average molecular weight is 370 g/mol. The van der Waals surface area contributed by atoms with Crippen LogP contribution in [0.15, 0.2) is 54.6 Å². The highest BCUT2D eigenvalue weighted by molar-refractivity contribution is 7.99. The van der Waals surface area contributed by atoms with Crippen LogP contribution in [0.4, 0.5) is 10.5 Å². The third-order valence-electron chi connectivity index (χ3n) is 4.57. The van der Waals surface area contributed by atoms with Gasteiger partial charge >= 0.3 is 6.03 Å². The monoisotopic (exact) mass is 369 g/mol. The van der Waals surface area contributed by atoms with Crippen LogP contribution in [-0.4, -0.2) is 48.6 Å². The number of benzene rings is 2. The van der Waals surface area contributed by atoms with Crippen LogP contribution in [0.5, 0.6) is 0 Å². The SMILES string of the molecule is O=C(NCCc1ccccc1)Nc1ccc(CCN2CCSCC2)cc1. The van der Waals surface area contributed by atoms with Crippen molar-refractivity contribution in [2.45, 2.75) is 12.8 Å². The minimum Gasteiger partial charge on any atom is -0.338 e. The van der Waals surface area contributed by atoms with Gasteiger partial charge in [-0.3, -0.25) is 0 Å². The fourth-order valence-electron chi connectivity index (χ4n) is 3.01. The minimum atomic E-state index is -0.153. The summed E-state index contributed by atoms with van der Waals surface area (Å²) in [5, 5.41) is 5.80. The number of hydrogen-bond acceptors (Lipinski definition) is 3. The molecule has 5 heteroatoms. The summed E-state index contributed by atoms with van der Waals surface area (Å²) in [5.74, 6) is 2.50. The van der Waals surface area contributed by atoms with E-state index in [0.29, 0.717) is 6.54 Å². The first-order chi connectivity index (χ1) is 12.8. The van der Waals surface area contributed by atoms with Gasteiger partial charge in [-0.15, -0.1) is 0 Å². The Morgan fingerprint density at radius 3 is 2.35 bits per heavy atom. The second-order valence-corrected chi connectivity index (χ2v) is 7.74. The predicted molar refractivity (Wildman–Crippen MR) is 111 cm³/mol. The quantitative estimate of drug-likeness (QED) is 0.783. The van der Waals surface area contributed by atoms with Crippen LogP contribution in [0, 0.1) is 0 Å². The first-order valence-corrected chi connectivity index (χ1v) is 10.4. The summed E-state index contributed by atoms with van der Waals surface area (Å²) in [5.41, 5.74) is 3.38. The van der Waals surface area contributed by atoms with Crippen molar-refractivity contribution in [3.63, 3.8) is 0 Å². The van der Waals surface area contributed by atoms with E-state index in [-0.39, 0.29) is 6.03 Å². The van der Waals surface area contributed by atoms with Crippen LogP contribution in [0.3, 0.4) is 0 Å². The molecule has 1 heterocycles. The zero-order valence-electron chi connectivity index (χ0n) is 15.1. The van der Waals surface area contributed by atoms with Gasteiger partial charge in [-0.05, 0) is 36.1 Å². The molecule has 0 atom stereocenters. The molecule has 1 saturated heterocycles. The Labute approximate surface area is 160 Å². The Bertz CT molecular complexity index is 669. The lowest BCUT2D eigenvalue weighted by molar-refractivity contribution is 0.252. The predicted octanol–water partition coefficient (Wildman–Crippen LogP) is 3.64. The normalized spacial score (nSPS) is 14.8. The van der Waals surface area contributed by atoms with Crippen LogP contribution < -0.4 is 10.6 Å². The molecule has 2 aromatic rings. The minimum absolute atomic E-state index is 0.153. The van der Waals surface area contributed by atoms with Crippen molar-refractivity contribution in [1.82, 2.24) is 10.2 Å². The number of rotatable bonds is 7. The van der Waals surface area contributed by atoms with Crippen molar-refractivity contribution in [3.8, 4) is 0 Å². The van der Waals surface area contributed by atoms with Crippen LogP contribution in [0.2, 0.25) is 0 Å². The zero-order valence-corrected chi connectivity index (χ0v) is 15.9. The number of urea groups is 1. The second kappa shape index (κ2) is 10.2. The Kier molecular flexibility index (Phi) is 7.40. The Hall–Kier alpha value is -1.98. The van der Waals surface area contributed by atoms with Gasteiger partial charge in [0.1, 0.15) is 0 Å². The van der Waals surface area contributed by atoms with E-state index < -0.39 is 0 Å². The van der Waals surface area contributed by atoms with Gasteiger partial charge in [0.05, 0.1) is 0 Å². The standard InChI is InChI=1S/C21H27N3OS/c25-21(22-12-10-18-4-2-1-3-5-18)23-20-8-6-19(7-9-20)11-13-24-14-16-26-17-15-24/h1-9H,10-17H2,(H2,22,23,25). The number of nitrogens with one attached hydrogen (secondary N) is 2. The van der Waals surface area contributed by atoms with E-state index in [0.717, 1.165) is 25.1 Å². The van der Waals surface area contributed by atoms with E-state index in [4.69, 9.17) is 0 Å². The molecule has 138 valence electrons. The maximum atomic E-state index is 12.0. The second-order valence-electron chi connectivity index (χ2n) is 6.52. The van der Waals surface area contributed by atoms with Crippen molar-refractivity contribution in [2.75, 3.05) is 43.0 Å². The van der Waals surface area contributed by atoms with Crippen molar-refractivity contribution in [3.05, 3.63) is 65.7 Å². The van der Waals surface area contributed by atoms with Gasteiger partial charge in [0.15, 0.2) is 0 Å². The molecule has 4 nitrogen and oxygen atoms in total. The van der Waals surface area contributed by atoms with Gasteiger partial charge in [0.25, 0.3) is 0 Å². The highest BCUT2D eigenvalue weighted by Gasteiger charge is 2.09. The van der Waals surface area contributed by atoms with E-state index in [2.05, 4.69) is 39.8 Å². The lowest BCUT2D eigenvalue weighted by Crippen LogP contribution is -2.34. The first-order valence-electron chi connectivity index (χ1n) is 9.27. The molecule has 0 unspecified atom stereocenters. The van der Waals surface area contributed by atoms with Crippen molar-refractivity contribution in [2.24, 2.45) is 0 Å². The van der Waals surface area contributed by atoms with Crippen molar-refractivity contribution in [1.29, 1.82) is 0 Å². The van der Waals surface area contributed by atoms with Gasteiger partial charge in [-0.2, -0.15) is 11.8 Å². The summed E-state index contributed by atoms with van der Waals surface area (Å²) >= 11 is 2.04. The van der Waals surface area contributed by atoms with Crippen LogP contribution in [0.1, 0.15) is 11.1 Å². The molecule has 1 fully saturated rings. The fourth-order valence-corrected chi connectivity index (χ4v) is 3.99. The highest BCUT2D eigenvalue weighted by atomic mass is 32.2. The third kappa shape index (κ3) is 6.39. The molecular formula is C21H27N3OS. The molecule has 3 rings (SSSR count). The molecule has 0 saturated carbocycles. The number of carbonyl (C=O) groups is 1. The van der Waals surface area contributed by atoms with Gasteiger partial charge < -0.3 is 15.5 Å². The smallest absolute Gasteiger partial charge is 0.319 e. The van der Waals surface area contributed by atoms with Crippen LogP contribution >= 0.6 is 11.8 Å². The number of carbonyl (C=O) groups excluding carboxylic acids is 1. The molecule has 0 spiro atoms. The van der Waals surface area contributed by atoms with Crippen LogP contribution in [0.25, 0.3) is 0 Å². The molecule has 1 aliphatic rings. The third-order valence-corrected chi connectivity index (χ3v) is 5.52. The highest BCUT2D eigenvalue weighted by Crippen LogP contribution is 2.13. The molecule has 0 bridgehead atoms. The Balaban J connectivity index is 1.37. The van der Waals surface area contributed by atoms with E-state index in [9.17, 15) is 4.79 Å². The zero-order chi connectivity index (χ0) is 18.0. The van der Waals surface area contributed by atoms with Gasteiger partial charge in [-0.25, -0.2) is 4.79 Å². The molecule has 0 aromatic heterocycles.